The number of alkyl halides is 6. The smallest absolute Gasteiger partial charge is 0.224 e. The van der Waals surface area contributed by atoms with Crippen LogP contribution in [-0.4, -0.2) is 19.9 Å². The van der Waals surface area contributed by atoms with E-state index in [1.807, 2.05) is 0 Å². The summed E-state index contributed by atoms with van der Waals surface area (Å²) in [4.78, 5) is 16.1. The first-order valence-electron chi connectivity index (χ1n) is 8.59. The SMILES string of the molecule is N#Cc1nc2nc3ccc(-c4cc(C(F)(F)F)cc(C(F)(F)F)c4)cc3nc2nc1C#N. The molecule has 32 heavy (non-hydrogen) atoms. The van der Waals surface area contributed by atoms with Gasteiger partial charge in [-0.3, -0.25) is 0 Å². The summed E-state index contributed by atoms with van der Waals surface area (Å²) >= 11 is 0. The largest absolute Gasteiger partial charge is 0.416 e. The number of hydrogen-bond acceptors (Lipinski definition) is 6. The topological polar surface area (TPSA) is 99.1 Å². The summed E-state index contributed by atoms with van der Waals surface area (Å²) in [7, 11) is 0. The van der Waals surface area contributed by atoms with Gasteiger partial charge in [-0.15, -0.1) is 0 Å². The van der Waals surface area contributed by atoms with Crippen LogP contribution in [0, 0.1) is 22.7 Å². The second-order valence-corrected chi connectivity index (χ2v) is 6.51. The molecule has 0 atom stereocenters. The van der Waals surface area contributed by atoms with E-state index in [1.54, 1.807) is 12.1 Å². The Bertz CT molecular complexity index is 1450. The Hall–Kier alpha value is -4.32. The van der Waals surface area contributed by atoms with Crippen LogP contribution in [0.2, 0.25) is 0 Å². The third-order valence-corrected chi connectivity index (χ3v) is 4.42. The molecule has 0 aliphatic heterocycles. The molecule has 6 nitrogen and oxygen atoms in total. The normalized spacial score (nSPS) is 12.0. The van der Waals surface area contributed by atoms with Crippen LogP contribution in [-0.2, 0) is 12.4 Å². The quantitative estimate of drug-likeness (QED) is 0.302. The lowest BCUT2D eigenvalue weighted by atomic mass is 9.98. The lowest BCUT2D eigenvalue weighted by Crippen LogP contribution is -2.11. The van der Waals surface area contributed by atoms with Crippen LogP contribution in [0.25, 0.3) is 33.5 Å². The molecule has 4 aromatic rings. The van der Waals surface area contributed by atoms with E-state index >= 15 is 0 Å². The third kappa shape index (κ3) is 3.74. The minimum atomic E-state index is -4.98. The van der Waals surface area contributed by atoms with Gasteiger partial charge in [-0.25, -0.2) is 19.9 Å². The van der Waals surface area contributed by atoms with E-state index in [2.05, 4.69) is 19.9 Å². The highest BCUT2D eigenvalue weighted by molar-refractivity contribution is 5.86. The maximum atomic E-state index is 13.2. The number of aromatic nitrogens is 4. The molecule has 12 heteroatoms. The lowest BCUT2D eigenvalue weighted by molar-refractivity contribution is -0.143. The average molecular weight is 444 g/mol. The molecule has 0 radical (unpaired) electrons. The summed E-state index contributed by atoms with van der Waals surface area (Å²) in [6, 6.07) is 8.54. The molecular formula is C20H6F6N6. The third-order valence-electron chi connectivity index (χ3n) is 4.42. The van der Waals surface area contributed by atoms with Gasteiger partial charge in [0.05, 0.1) is 22.2 Å². The summed E-state index contributed by atoms with van der Waals surface area (Å²) in [5.41, 5.74) is -3.56. The molecular weight excluding hydrogens is 438 g/mol. The van der Waals surface area contributed by atoms with Gasteiger partial charge >= 0.3 is 12.4 Å². The van der Waals surface area contributed by atoms with E-state index in [-0.39, 0.29) is 50.9 Å². The van der Waals surface area contributed by atoms with Crippen molar-refractivity contribution in [1.29, 1.82) is 10.5 Å². The number of fused-ring (bicyclic) bond motifs is 2. The number of nitrogens with zero attached hydrogens (tertiary/aromatic N) is 6. The van der Waals surface area contributed by atoms with Gasteiger partial charge in [0.2, 0.25) is 0 Å². The number of rotatable bonds is 1. The van der Waals surface area contributed by atoms with E-state index in [0.29, 0.717) is 12.1 Å². The molecule has 0 spiro atoms. The van der Waals surface area contributed by atoms with Crippen LogP contribution in [0.3, 0.4) is 0 Å². The van der Waals surface area contributed by atoms with Crippen molar-refractivity contribution in [2.45, 2.75) is 12.4 Å². The Morgan fingerprint density at radius 2 is 1.09 bits per heavy atom. The van der Waals surface area contributed by atoms with Crippen LogP contribution in [0.1, 0.15) is 22.5 Å². The molecule has 0 unspecified atom stereocenters. The van der Waals surface area contributed by atoms with Gasteiger partial charge < -0.3 is 0 Å². The zero-order valence-corrected chi connectivity index (χ0v) is 15.4. The molecule has 0 aliphatic carbocycles. The van der Waals surface area contributed by atoms with Crippen LogP contribution in [0.15, 0.2) is 36.4 Å². The minimum Gasteiger partial charge on any atom is -0.224 e. The summed E-state index contributed by atoms with van der Waals surface area (Å²) in [6.07, 6.45) is -9.96. The summed E-state index contributed by atoms with van der Waals surface area (Å²) < 4.78 is 79.0. The molecule has 2 heterocycles. The monoisotopic (exact) mass is 444 g/mol. The summed E-state index contributed by atoms with van der Waals surface area (Å²) in [5.74, 6) is 0. The predicted octanol–water partition coefficient (Wildman–Crippen LogP) is 5.02. The molecule has 4 rings (SSSR count). The zero-order chi connectivity index (χ0) is 23.3. The van der Waals surface area contributed by atoms with Gasteiger partial charge in [-0.05, 0) is 41.5 Å². The van der Waals surface area contributed by atoms with Gasteiger partial charge in [-0.2, -0.15) is 36.9 Å². The molecule has 0 fully saturated rings. The van der Waals surface area contributed by atoms with Gasteiger partial charge in [0, 0.05) is 0 Å². The molecule has 158 valence electrons. The summed E-state index contributed by atoms with van der Waals surface area (Å²) in [5, 5.41) is 18.1. The van der Waals surface area contributed by atoms with Crippen LogP contribution < -0.4 is 0 Å². The van der Waals surface area contributed by atoms with E-state index in [9.17, 15) is 26.3 Å². The first kappa shape index (κ1) is 20.9. The van der Waals surface area contributed by atoms with Crippen molar-refractivity contribution >= 4 is 22.3 Å². The van der Waals surface area contributed by atoms with Gasteiger partial charge in [-0.1, -0.05) is 6.07 Å². The molecule has 0 bridgehead atoms. The highest BCUT2D eigenvalue weighted by Crippen LogP contribution is 2.39. The molecule has 0 aliphatic rings. The number of halogens is 6. The summed E-state index contributed by atoms with van der Waals surface area (Å²) in [6.45, 7) is 0. The van der Waals surface area contributed by atoms with Crippen molar-refractivity contribution < 1.29 is 26.3 Å². The maximum absolute atomic E-state index is 13.2. The van der Waals surface area contributed by atoms with Gasteiger partial charge in [0.15, 0.2) is 22.7 Å². The molecule has 0 saturated heterocycles. The predicted molar refractivity (Wildman–Crippen MR) is 97.5 cm³/mol. The second kappa shape index (κ2) is 7.13. The molecule has 0 amide bonds. The Balaban J connectivity index is 1.93. The Kier molecular flexibility index (Phi) is 4.66. The highest BCUT2D eigenvalue weighted by Gasteiger charge is 2.37. The molecule has 0 N–H and O–H groups in total. The van der Waals surface area contributed by atoms with Crippen molar-refractivity contribution in [3.05, 3.63) is 58.9 Å². The fraction of sp³-hybridized carbons (Fsp3) is 0.100. The fourth-order valence-electron chi connectivity index (χ4n) is 2.96. The Morgan fingerprint density at radius 1 is 0.594 bits per heavy atom. The van der Waals surface area contributed by atoms with Crippen molar-refractivity contribution in [1.82, 2.24) is 19.9 Å². The first-order valence-corrected chi connectivity index (χ1v) is 8.59. The van der Waals surface area contributed by atoms with Crippen LogP contribution >= 0.6 is 0 Å². The van der Waals surface area contributed by atoms with E-state index < -0.39 is 23.5 Å². The van der Waals surface area contributed by atoms with Crippen LogP contribution in [0.5, 0.6) is 0 Å². The van der Waals surface area contributed by atoms with E-state index in [0.717, 1.165) is 0 Å². The number of benzene rings is 2. The zero-order valence-electron chi connectivity index (χ0n) is 15.4. The maximum Gasteiger partial charge on any atom is 0.416 e. The second-order valence-electron chi connectivity index (χ2n) is 6.51. The molecule has 0 saturated carbocycles. The molecule has 2 aromatic heterocycles. The van der Waals surface area contributed by atoms with Crippen molar-refractivity contribution in [3.63, 3.8) is 0 Å². The minimum absolute atomic E-state index is 0.0323. The van der Waals surface area contributed by atoms with Crippen molar-refractivity contribution in [2.75, 3.05) is 0 Å². The Labute approximate surface area is 174 Å². The van der Waals surface area contributed by atoms with Crippen molar-refractivity contribution in [3.8, 4) is 23.3 Å². The van der Waals surface area contributed by atoms with E-state index in [4.69, 9.17) is 10.5 Å². The fourth-order valence-corrected chi connectivity index (χ4v) is 2.96. The van der Waals surface area contributed by atoms with Crippen LogP contribution in [0.4, 0.5) is 26.3 Å². The number of nitriles is 2. The highest BCUT2D eigenvalue weighted by atomic mass is 19.4. The van der Waals surface area contributed by atoms with E-state index in [1.165, 1.54) is 18.2 Å². The average Bonchev–Trinajstić information content (AvgIpc) is 2.74. The molecule has 2 aromatic carbocycles. The van der Waals surface area contributed by atoms with Gasteiger partial charge in [0.25, 0.3) is 0 Å². The van der Waals surface area contributed by atoms with Gasteiger partial charge in [0.1, 0.15) is 12.1 Å². The van der Waals surface area contributed by atoms with Crippen molar-refractivity contribution in [2.24, 2.45) is 0 Å². The standard InChI is InChI=1S/C20H6F6N6/c21-19(22,23)11-3-10(4-12(6-11)20(24,25)26)9-1-2-13-14(5-9)30-18-17(29-13)31-15(7-27)16(8-28)32-18/h1-6H. The Morgan fingerprint density at radius 3 is 1.56 bits per heavy atom. The number of hydrogen-bond donors (Lipinski definition) is 0. The lowest BCUT2D eigenvalue weighted by Gasteiger charge is -2.14. The first-order chi connectivity index (χ1) is 15.0.